The number of hydrogen-bond donors (Lipinski definition) is 2. The Hall–Kier alpha value is -2.46. The number of nitriles is 1. The van der Waals surface area contributed by atoms with E-state index in [1.165, 1.54) is 0 Å². The zero-order valence-corrected chi connectivity index (χ0v) is 9.40. The number of benzene rings is 1. The van der Waals surface area contributed by atoms with Crippen LogP contribution in [0.1, 0.15) is 17.5 Å². The van der Waals surface area contributed by atoms with Gasteiger partial charge < -0.3 is 10.4 Å². The van der Waals surface area contributed by atoms with Gasteiger partial charge in [-0.3, -0.25) is 0 Å². The average Bonchev–Trinajstić information content (AvgIpc) is 2.28. The van der Waals surface area contributed by atoms with Crippen molar-refractivity contribution in [2.24, 2.45) is 0 Å². The molecule has 17 heavy (non-hydrogen) atoms. The predicted octanol–water partition coefficient (Wildman–Crippen LogP) is 1.76. The summed E-state index contributed by atoms with van der Waals surface area (Å²) in [5.41, 5.74) is 2.01. The Morgan fingerprint density at radius 2 is 2.35 bits per heavy atom. The number of nitrogens with one attached hydrogen (secondary N) is 1. The van der Waals surface area contributed by atoms with Gasteiger partial charge in [-0.1, -0.05) is 0 Å². The van der Waals surface area contributed by atoms with Gasteiger partial charge >= 0.3 is 5.97 Å². The molecule has 1 unspecified atom stereocenters. The van der Waals surface area contributed by atoms with E-state index < -0.39 is 12.0 Å². The van der Waals surface area contributed by atoms with Gasteiger partial charge in [-0.25, -0.2) is 4.79 Å². The molecule has 0 radical (unpaired) electrons. The van der Waals surface area contributed by atoms with Gasteiger partial charge in [-0.15, -0.1) is 12.3 Å². The Morgan fingerprint density at radius 1 is 1.65 bits per heavy atom. The second kappa shape index (κ2) is 5.58. The number of nitrogens with zero attached hydrogens (tertiary/aromatic N) is 1. The first kappa shape index (κ1) is 12.6. The molecule has 1 atom stereocenters. The van der Waals surface area contributed by atoms with Gasteiger partial charge in [-0.05, 0) is 30.7 Å². The van der Waals surface area contributed by atoms with E-state index in [1.807, 2.05) is 6.07 Å². The summed E-state index contributed by atoms with van der Waals surface area (Å²) in [6.45, 7) is 1.79. The van der Waals surface area contributed by atoms with Gasteiger partial charge in [0.2, 0.25) is 0 Å². The third kappa shape index (κ3) is 3.25. The van der Waals surface area contributed by atoms with E-state index >= 15 is 0 Å². The number of rotatable bonds is 4. The molecule has 0 saturated carbocycles. The van der Waals surface area contributed by atoms with Crippen molar-refractivity contribution in [1.29, 1.82) is 5.26 Å². The predicted molar refractivity (Wildman–Crippen MR) is 64.4 cm³/mol. The van der Waals surface area contributed by atoms with Gasteiger partial charge in [0.15, 0.2) is 0 Å². The van der Waals surface area contributed by atoms with Crippen molar-refractivity contribution < 1.29 is 9.90 Å². The maximum Gasteiger partial charge on any atom is 0.327 e. The van der Waals surface area contributed by atoms with Crippen LogP contribution in [0.25, 0.3) is 0 Å². The van der Waals surface area contributed by atoms with Crippen LogP contribution in [0.3, 0.4) is 0 Å². The minimum atomic E-state index is -0.995. The molecule has 0 aromatic heterocycles. The quantitative estimate of drug-likeness (QED) is 0.770. The molecule has 4 heteroatoms. The highest BCUT2D eigenvalue weighted by atomic mass is 16.4. The highest BCUT2D eigenvalue weighted by Gasteiger charge is 2.15. The van der Waals surface area contributed by atoms with Crippen molar-refractivity contribution in [2.45, 2.75) is 19.4 Å². The molecular weight excluding hydrogens is 216 g/mol. The summed E-state index contributed by atoms with van der Waals surface area (Å²) in [7, 11) is 0. The molecule has 0 heterocycles. The summed E-state index contributed by atoms with van der Waals surface area (Å²) in [5.74, 6) is 1.32. The van der Waals surface area contributed by atoms with Crippen LogP contribution in [0.4, 0.5) is 5.69 Å². The van der Waals surface area contributed by atoms with E-state index in [4.69, 9.17) is 16.8 Å². The lowest BCUT2D eigenvalue weighted by Gasteiger charge is -2.13. The monoisotopic (exact) mass is 228 g/mol. The highest BCUT2D eigenvalue weighted by molar-refractivity contribution is 5.77. The molecule has 0 bridgehead atoms. The molecule has 1 aromatic rings. The van der Waals surface area contributed by atoms with E-state index in [9.17, 15) is 4.79 Å². The normalized spacial score (nSPS) is 11.0. The molecule has 2 N–H and O–H groups in total. The van der Waals surface area contributed by atoms with Crippen molar-refractivity contribution in [1.82, 2.24) is 0 Å². The van der Waals surface area contributed by atoms with Gasteiger partial charge in [0, 0.05) is 12.1 Å². The van der Waals surface area contributed by atoms with Crippen LogP contribution >= 0.6 is 0 Å². The lowest BCUT2D eigenvalue weighted by atomic mass is 10.1. The van der Waals surface area contributed by atoms with Gasteiger partial charge in [-0.2, -0.15) is 5.26 Å². The lowest BCUT2D eigenvalue weighted by Crippen LogP contribution is -2.28. The third-order valence-electron chi connectivity index (χ3n) is 2.31. The minimum absolute atomic E-state index is 0.106. The minimum Gasteiger partial charge on any atom is -0.480 e. The summed E-state index contributed by atoms with van der Waals surface area (Å²) in [6, 6.07) is 6.27. The number of carboxylic acid groups (broad SMARTS) is 1. The number of hydrogen-bond acceptors (Lipinski definition) is 3. The van der Waals surface area contributed by atoms with Crippen molar-refractivity contribution in [3.63, 3.8) is 0 Å². The van der Waals surface area contributed by atoms with E-state index in [2.05, 4.69) is 11.2 Å². The number of carboxylic acids is 1. The zero-order chi connectivity index (χ0) is 12.8. The molecule has 0 aliphatic carbocycles. The summed E-state index contributed by atoms with van der Waals surface area (Å²) in [4.78, 5) is 10.9. The Morgan fingerprint density at radius 3 is 2.82 bits per heavy atom. The van der Waals surface area contributed by atoms with Crippen molar-refractivity contribution in [3.05, 3.63) is 29.3 Å². The van der Waals surface area contributed by atoms with E-state index in [1.54, 1.807) is 25.1 Å². The standard InChI is InChI=1S/C13H12N2O2/c1-3-4-12(13(16)17)15-11-6-5-10(8-14)9(2)7-11/h1,5-7,12,15H,4H2,2H3,(H,16,17). The molecule has 0 amide bonds. The Balaban J connectivity index is 2.88. The molecule has 0 aliphatic rings. The van der Waals surface area contributed by atoms with Crippen molar-refractivity contribution in [2.75, 3.05) is 5.32 Å². The highest BCUT2D eigenvalue weighted by Crippen LogP contribution is 2.15. The topological polar surface area (TPSA) is 73.1 Å². The average molecular weight is 228 g/mol. The van der Waals surface area contributed by atoms with E-state index in [0.717, 1.165) is 5.56 Å². The smallest absolute Gasteiger partial charge is 0.327 e. The Bertz CT molecular complexity index is 509. The number of aryl methyl sites for hydroxylation is 1. The molecule has 0 fully saturated rings. The fraction of sp³-hybridized carbons (Fsp3) is 0.231. The first-order valence-electron chi connectivity index (χ1n) is 5.02. The first-order valence-corrected chi connectivity index (χ1v) is 5.02. The summed E-state index contributed by atoms with van der Waals surface area (Å²) < 4.78 is 0. The van der Waals surface area contributed by atoms with Gasteiger partial charge in [0.05, 0.1) is 11.6 Å². The first-order chi connectivity index (χ1) is 8.08. The maximum absolute atomic E-state index is 10.9. The van der Waals surface area contributed by atoms with Crippen LogP contribution in [0.5, 0.6) is 0 Å². The number of anilines is 1. The molecule has 4 nitrogen and oxygen atoms in total. The Kier molecular flexibility index (Phi) is 4.14. The van der Waals surface area contributed by atoms with Gasteiger partial charge in [0.25, 0.3) is 0 Å². The van der Waals surface area contributed by atoms with Crippen LogP contribution in [0, 0.1) is 30.6 Å². The van der Waals surface area contributed by atoms with E-state index in [0.29, 0.717) is 11.3 Å². The SMILES string of the molecule is C#CCC(Nc1ccc(C#N)c(C)c1)C(=O)O. The second-order valence-corrected chi connectivity index (χ2v) is 3.58. The molecule has 1 aromatic carbocycles. The van der Waals surface area contributed by atoms with Crippen molar-refractivity contribution >= 4 is 11.7 Å². The van der Waals surface area contributed by atoms with E-state index in [-0.39, 0.29) is 6.42 Å². The largest absolute Gasteiger partial charge is 0.480 e. The zero-order valence-electron chi connectivity index (χ0n) is 9.40. The van der Waals surface area contributed by atoms with Crippen LogP contribution in [-0.2, 0) is 4.79 Å². The third-order valence-corrected chi connectivity index (χ3v) is 2.31. The molecule has 0 saturated heterocycles. The summed E-state index contributed by atoms with van der Waals surface area (Å²) >= 11 is 0. The van der Waals surface area contributed by atoms with Crippen LogP contribution < -0.4 is 5.32 Å². The summed E-state index contributed by atoms with van der Waals surface area (Å²) in [6.07, 6.45) is 5.21. The lowest BCUT2D eigenvalue weighted by molar-refractivity contribution is -0.137. The maximum atomic E-state index is 10.9. The molecule has 1 rings (SSSR count). The molecular formula is C13H12N2O2. The Labute approximate surface area is 99.9 Å². The van der Waals surface area contributed by atoms with Gasteiger partial charge in [0.1, 0.15) is 6.04 Å². The van der Waals surface area contributed by atoms with Crippen LogP contribution in [0.2, 0.25) is 0 Å². The number of aliphatic carboxylic acids is 1. The fourth-order valence-corrected chi connectivity index (χ4v) is 1.40. The second-order valence-electron chi connectivity index (χ2n) is 3.58. The van der Waals surface area contributed by atoms with Crippen molar-refractivity contribution in [3.8, 4) is 18.4 Å². The molecule has 86 valence electrons. The van der Waals surface area contributed by atoms with Crippen LogP contribution in [0.15, 0.2) is 18.2 Å². The van der Waals surface area contributed by atoms with Crippen LogP contribution in [-0.4, -0.2) is 17.1 Å². The molecule has 0 spiro atoms. The number of terminal acetylenes is 1. The molecule has 0 aliphatic heterocycles. The number of carbonyl (C=O) groups is 1. The fourth-order valence-electron chi connectivity index (χ4n) is 1.40. The summed E-state index contributed by atoms with van der Waals surface area (Å²) in [5, 5.41) is 20.5.